The van der Waals surface area contributed by atoms with Crippen LogP contribution in [0.2, 0.25) is 5.02 Å². The van der Waals surface area contributed by atoms with Gasteiger partial charge in [-0.15, -0.1) is 0 Å². The molecule has 1 aliphatic rings. The Morgan fingerprint density at radius 1 is 1.11 bits per heavy atom. The summed E-state index contributed by atoms with van der Waals surface area (Å²) in [6, 6.07) is 7.97. The highest BCUT2D eigenvalue weighted by Crippen LogP contribution is 2.31. The van der Waals surface area contributed by atoms with E-state index in [1.54, 1.807) is 6.33 Å². The van der Waals surface area contributed by atoms with Crippen LogP contribution in [0.25, 0.3) is 22.0 Å². The lowest BCUT2D eigenvalue weighted by Crippen LogP contribution is -2.31. The number of fused-ring (bicyclic) bond motifs is 2. The molecule has 0 unspecified atom stereocenters. The van der Waals surface area contributed by atoms with Crippen LogP contribution >= 0.6 is 11.6 Å². The molecule has 0 saturated carbocycles. The van der Waals surface area contributed by atoms with Crippen LogP contribution in [0.15, 0.2) is 43.0 Å². The molecule has 0 N–H and O–H groups in total. The third kappa shape index (κ3) is 2.90. The molecule has 28 heavy (non-hydrogen) atoms. The van der Waals surface area contributed by atoms with Crippen LogP contribution in [0.3, 0.4) is 0 Å². The largest absolute Gasteiger partial charge is 0.351 e. The highest BCUT2D eigenvalue weighted by atomic mass is 35.5. The number of aromatic nitrogens is 5. The maximum absolute atomic E-state index is 6.22. The number of hydrogen-bond acceptors (Lipinski definition) is 5. The van der Waals surface area contributed by atoms with Gasteiger partial charge in [-0.2, -0.15) is 5.10 Å². The van der Waals surface area contributed by atoms with Crippen molar-refractivity contribution in [3.05, 3.63) is 65.0 Å². The van der Waals surface area contributed by atoms with Gasteiger partial charge in [-0.25, -0.2) is 9.97 Å². The summed E-state index contributed by atoms with van der Waals surface area (Å²) in [6.07, 6.45) is 6.50. The maximum atomic E-state index is 6.22. The fraction of sp³-hybridized carbons (Fsp3) is 0.238. The average molecular weight is 391 g/mol. The minimum absolute atomic E-state index is 0.692. The van der Waals surface area contributed by atoms with Gasteiger partial charge < -0.3 is 4.90 Å². The molecule has 1 aliphatic heterocycles. The zero-order chi connectivity index (χ0) is 19.3. The Labute approximate surface area is 167 Å². The van der Waals surface area contributed by atoms with E-state index in [1.165, 1.54) is 5.56 Å². The van der Waals surface area contributed by atoms with Crippen molar-refractivity contribution < 1.29 is 0 Å². The van der Waals surface area contributed by atoms with Crippen molar-refractivity contribution >= 4 is 28.3 Å². The Balaban J connectivity index is 1.54. The number of pyridine rings is 1. The lowest BCUT2D eigenvalue weighted by Gasteiger charge is -2.30. The van der Waals surface area contributed by atoms with E-state index in [1.807, 2.05) is 49.2 Å². The molecule has 1 aromatic carbocycles. The first-order valence-electron chi connectivity index (χ1n) is 9.22. The molecule has 0 spiro atoms. The minimum Gasteiger partial charge on any atom is -0.351 e. The molecule has 3 aromatic heterocycles. The van der Waals surface area contributed by atoms with E-state index >= 15 is 0 Å². The molecule has 0 saturated heterocycles. The van der Waals surface area contributed by atoms with Crippen LogP contribution in [-0.4, -0.2) is 31.3 Å². The smallest absolute Gasteiger partial charge is 0.140 e. The van der Waals surface area contributed by atoms with Crippen molar-refractivity contribution in [3.8, 4) is 11.1 Å². The van der Waals surface area contributed by atoms with E-state index in [0.717, 1.165) is 58.7 Å². The van der Waals surface area contributed by atoms with Crippen molar-refractivity contribution in [1.29, 1.82) is 0 Å². The van der Waals surface area contributed by atoms with Crippen LogP contribution in [0.4, 0.5) is 5.82 Å². The van der Waals surface area contributed by atoms with Crippen molar-refractivity contribution in [2.75, 3.05) is 11.4 Å². The van der Waals surface area contributed by atoms with Crippen molar-refractivity contribution in [2.24, 2.45) is 7.05 Å². The second-order valence-corrected chi connectivity index (χ2v) is 7.60. The number of hydrogen-bond donors (Lipinski definition) is 0. The van der Waals surface area contributed by atoms with E-state index in [0.29, 0.717) is 5.02 Å². The van der Waals surface area contributed by atoms with Gasteiger partial charge >= 0.3 is 0 Å². The molecule has 4 aromatic rings. The summed E-state index contributed by atoms with van der Waals surface area (Å²) in [5.41, 5.74) is 6.50. The van der Waals surface area contributed by atoms with Crippen LogP contribution in [0, 0.1) is 6.92 Å². The van der Waals surface area contributed by atoms with Gasteiger partial charge in [0.2, 0.25) is 0 Å². The summed E-state index contributed by atoms with van der Waals surface area (Å²) in [5.74, 6) is 0.918. The first kappa shape index (κ1) is 17.1. The summed E-state index contributed by atoms with van der Waals surface area (Å²) in [5, 5.41) is 6.12. The summed E-state index contributed by atoms with van der Waals surface area (Å²) in [6.45, 7) is 3.65. The summed E-state index contributed by atoms with van der Waals surface area (Å²) >= 11 is 6.22. The number of rotatable bonds is 2. The Kier molecular flexibility index (Phi) is 4.02. The molecular formula is C21H19ClN6. The van der Waals surface area contributed by atoms with Crippen LogP contribution in [-0.2, 0) is 20.0 Å². The summed E-state index contributed by atoms with van der Waals surface area (Å²) in [7, 11) is 1.94. The Morgan fingerprint density at radius 3 is 2.82 bits per heavy atom. The molecule has 5 rings (SSSR count). The van der Waals surface area contributed by atoms with Crippen LogP contribution in [0.5, 0.6) is 0 Å². The van der Waals surface area contributed by atoms with Gasteiger partial charge in [-0.1, -0.05) is 11.6 Å². The fourth-order valence-electron chi connectivity index (χ4n) is 3.90. The second kappa shape index (κ2) is 6.56. The minimum atomic E-state index is 0.692. The molecule has 0 bridgehead atoms. The van der Waals surface area contributed by atoms with E-state index in [2.05, 4.69) is 26.0 Å². The Bertz CT molecular complexity index is 1200. The molecule has 4 heterocycles. The summed E-state index contributed by atoms with van der Waals surface area (Å²) < 4.78 is 1.84. The van der Waals surface area contributed by atoms with Gasteiger partial charge in [0.05, 0.1) is 11.2 Å². The predicted molar refractivity (Wildman–Crippen MR) is 110 cm³/mol. The van der Waals surface area contributed by atoms with Crippen molar-refractivity contribution in [3.63, 3.8) is 0 Å². The normalized spacial score (nSPS) is 13.8. The highest BCUT2D eigenvalue weighted by Gasteiger charge is 2.21. The second-order valence-electron chi connectivity index (χ2n) is 7.16. The maximum Gasteiger partial charge on any atom is 0.140 e. The van der Waals surface area contributed by atoms with E-state index in [-0.39, 0.29) is 0 Å². The predicted octanol–water partition coefficient (Wildman–Crippen LogP) is 3.95. The molecule has 0 fully saturated rings. The third-order valence-electron chi connectivity index (χ3n) is 5.24. The van der Waals surface area contributed by atoms with E-state index in [9.17, 15) is 0 Å². The van der Waals surface area contributed by atoms with Gasteiger partial charge in [0.1, 0.15) is 12.1 Å². The number of anilines is 1. The van der Waals surface area contributed by atoms with Gasteiger partial charge in [0, 0.05) is 66.2 Å². The molecule has 140 valence electrons. The lowest BCUT2D eigenvalue weighted by atomic mass is 10.0. The highest BCUT2D eigenvalue weighted by molar-refractivity contribution is 6.31. The molecule has 7 heteroatoms. The Hall–Kier alpha value is -2.99. The molecule has 6 nitrogen and oxygen atoms in total. The lowest BCUT2D eigenvalue weighted by molar-refractivity contribution is 0.705. The average Bonchev–Trinajstić information content (AvgIpc) is 3.04. The zero-order valence-corrected chi connectivity index (χ0v) is 16.5. The third-order valence-corrected chi connectivity index (χ3v) is 5.48. The molecule has 0 atom stereocenters. The topological polar surface area (TPSA) is 59.7 Å². The van der Waals surface area contributed by atoms with Gasteiger partial charge in [-0.3, -0.25) is 9.67 Å². The van der Waals surface area contributed by atoms with Crippen LogP contribution < -0.4 is 4.90 Å². The quantitative estimate of drug-likeness (QED) is 0.518. The molecule has 0 aliphatic carbocycles. The van der Waals surface area contributed by atoms with Gasteiger partial charge in [0.25, 0.3) is 0 Å². The number of halogens is 1. The van der Waals surface area contributed by atoms with Crippen LogP contribution in [0.1, 0.15) is 17.0 Å². The standard InChI is InChI=1S/C21H19ClN6/c1-13-18(11-27(2)26-13)14-7-15-10-28(6-5-19(15)23-9-14)21-17-8-16(22)3-4-20(17)24-12-25-21/h3-4,7-9,11-12H,5-6,10H2,1-2H3. The first-order valence-corrected chi connectivity index (χ1v) is 9.60. The van der Waals surface area contributed by atoms with Crippen molar-refractivity contribution in [1.82, 2.24) is 24.7 Å². The molecular weight excluding hydrogens is 372 g/mol. The number of aryl methyl sites for hydroxylation is 2. The summed E-state index contributed by atoms with van der Waals surface area (Å²) in [4.78, 5) is 15.9. The van der Waals surface area contributed by atoms with Gasteiger partial charge in [-0.05, 0) is 36.8 Å². The molecule has 0 radical (unpaired) electrons. The monoisotopic (exact) mass is 390 g/mol. The SMILES string of the molecule is Cc1nn(C)cc1-c1cnc2c(c1)CN(c1ncnc3ccc(Cl)cc13)CC2. The number of nitrogens with zero attached hydrogens (tertiary/aromatic N) is 6. The Morgan fingerprint density at radius 2 is 2.00 bits per heavy atom. The van der Waals surface area contributed by atoms with E-state index < -0.39 is 0 Å². The van der Waals surface area contributed by atoms with Gasteiger partial charge in [0.15, 0.2) is 0 Å². The first-order chi connectivity index (χ1) is 13.6. The van der Waals surface area contributed by atoms with E-state index in [4.69, 9.17) is 16.6 Å². The van der Waals surface area contributed by atoms with Crippen molar-refractivity contribution in [2.45, 2.75) is 19.9 Å². The zero-order valence-electron chi connectivity index (χ0n) is 15.7. The fourth-order valence-corrected chi connectivity index (χ4v) is 4.08. The number of benzene rings is 1. The molecule has 0 amide bonds.